The molecular formula is C60H72N4S. The summed E-state index contributed by atoms with van der Waals surface area (Å²) in [4.78, 5) is 11.0. The van der Waals surface area contributed by atoms with Gasteiger partial charge in [0.1, 0.15) is 11.0 Å². The van der Waals surface area contributed by atoms with Crippen LogP contribution in [0.3, 0.4) is 0 Å². The normalized spacial score (nSPS) is 14.2. The highest BCUT2D eigenvalue weighted by molar-refractivity contribution is 7.00. The second-order valence-electron chi connectivity index (χ2n) is 19.8. The van der Waals surface area contributed by atoms with Crippen LogP contribution in [0.4, 0.5) is 0 Å². The van der Waals surface area contributed by atoms with Gasteiger partial charge in [-0.05, 0) is 107 Å². The van der Waals surface area contributed by atoms with Crippen LogP contribution < -0.4 is 0 Å². The summed E-state index contributed by atoms with van der Waals surface area (Å²) in [5, 5.41) is 0. The second kappa shape index (κ2) is 20.0. The molecule has 0 saturated carbocycles. The minimum atomic E-state index is -0.0155. The predicted molar refractivity (Wildman–Crippen MR) is 278 cm³/mol. The fourth-order valence-electron chi connectivity index (χ4n) is 12.2. The van der Waals surface area contributed by atoms with Crippen LogP contribution in [0.2, 0.25) is 0 Å². The first-order valence-corrected chi connectivity index (χ1v) is 26.6. The number of hydrogen-bond acceptors (Lipinski definition) is 5. The maximum atomic E-state index is 5.50. The number of nitrogens with zero attached hydrogens (tertiary/aromatic N) is 4. The van der Waals surface area contributed by atoms with E-state index >= 15 is 0 Å². The number of rotatable bonds is 22. The minimum Gasteiger partial charge on any atom is -0.249 e. The van der Waals surface area contributed by atoms with Gasteiger partial charge in [-0.3, -0.25) is 0 Å². The molecule has 0 radical (unpaired) electrons. The molecule has 0 spiro atoms. The Hall–Kier alpha value is -4.74. The van der Waals surface area contributed by atoms with Gasteiger partial charge in [0, 0.05) is 22.0 Å². The Morgan fingerprint density at radius 1 is 0.385 bits per heavy atom. The van der Waals surface area contributed by atoms with Crippen molar-refractivity contribution in [2.45, 2.75) is 181 Å². The number of aromatic nitrogens is 4. The maximum absolute atomic E-state index is 5.50. The molecule has 0 saturated heterocycles. The Bertz CT molecular complexity index is 2570. The van der Waals surface area contributed by atoms with E-state index in [0.717, 1.165) is 44.6 Å². The van der Waals surface area contributed by atoms with Gasteiger partial charge in [0.2, 0.25) is 0 Å². The fraction of sp³-hybridized carbons (Fsp3) is 0.467. The summed E-state index contributed by atoms with van der Waals surface area (Å²) in [5.41, 5.74) is 21.8. The molecular weight excluding hydrogens is 809 g/mol. The van der Waals surface area contributed by atoms with Gasteiger partial charge in [0.05, 0.1) is 34.1 Å². The highest BCUT2D eigenvalue weighted by atomic mass is 32.1. The van der Waals surface area contributed by atoms with Crippen molar-refractivity contribution in [1.82, 2.24) is 18.7 Å². The molecule has 4 nitrogen and oxygen atoms in total. The van der Waals surface area contributed by atoms with Crippen molar-refractivity contribution in [3.63, 3.8) is 0 Å². The SMILES string of the molecule is CCCCCCC1(CCCCCC)c2ccccc2-c2ccc(-c3c4nsnc4c(-c4ccc5c(c4)C(CCCCCC)(CCCCCC)c4ccccc4-5)c4nc(C)c(C)nc34)cc21. The minimum absolute atomic E-state index is 0.0155. The average molecular weight is 881 g/mol. The molecule has 7 aromatic rings. The lowest BCUT2D eigenvalue weighted by Crippen LogP contribution is -2.25. The Kier molecular flexibility index (Phi) is 14.0. The number of aryl methyl sites for hydroxylation is 2. The fourth-order valence-corrected chi connectivity index (χ4v) is 12.8. The van der Waals surface area contributed by atoms with Crippen molar-refractivity contribution in [2.24, 2.45) is 0 Å². The quantitative estimate of drug-likeness (QED) is 0.0637. The summed E-state index contributed by atoms with van der Waals surface area (Å²) in [7, 11) is 0. The lowest BCUT2D eigenvalue weighted by Gasteiger charge is -2.33. The largest absolute Gasteiger partial charge is 0.249 e. The van der Waals surface area contributed by atoms with Crippen LogP contribution in [-0.2, 0) is 10.8 Å². The smallest absolute Gasteiger partial charge is 0.115 e. The zero-order valence-corrected chi connectivity index (χ0v) is 41.2. The standard InChI is InChI=1S/C60H72N4S/c1-7-11-15-23-35-59(36-24-16-12-8-2)49-29-21-19-27-45(49)47-33-31-43(39-51(47)59)53-55-56(62-42(6)41(5)61-55)54(58-57(53)63-65-64-58)44-32-34-48-46-28-20-22-30-50(46)60(52(48)40-44,37-25-17-13-9-3)38-26-18-14-10-4/h19-22,27-34,39-40H,7-18,23-26,35-38H2,1-6H3. The van der Waals surface area contributed by atoms with E-state index in [2.05, 4.69) is 126 Å². The molecule has 5 aromatic carbocycles. The molecule has 2 aliphatic rings. The molecule has 0 aliphatic heterocycles. The van der Waals surface area contributed by atoms with Crippen LogP contribution in [0.25, 0.3) is 66.6 Å². The third-order valence-electron chi connectivity index (χ3n) is 15.7. The molecule has 0 amide bonds. The first-order chi connectivity index (χ1) is 31.9. The summed E-state index contributed by atoms with van der Waals surface area (Å²) < 4.78 is 10.4. The Morgan fingerprint density at radius 2 is 0.738 bits per heavy atom. The molecule has 0 bridgehead atoms. The van der Waals surface area contributed by atoms with Gasteiger partial charge in [-0.25, -0.2) is 9.97 Å². The molecule has 0 atom stereocenters. The van der Waals surface area contributed by atoms with Crippen molar-refractivity contribution in [1.29, 1.82) is 0 Å². The number of unbranched alkanes of at least 4 members (excludes halogenated alkanes) is 12. The van der Waals surface area contributed by atoms with E-state index in [1.54, 1.807) is 0 Å². The van der Waals surface area contributed by atoms with Gasteiger partial charge in [0.15, 0.2) is 0 Å². The summed E-state index contributed by atoms with van der Waals surface area (Å²) in [5.74, 6) is 0. The zero-order chi connectivity index (χ0) is 45.0. The van der Waals surface area contributed by atoms with Crippen LogP contribution in [0.15, 0.2) is 84.9 Å². The third-order valence-corrected chi connectivity index (χ3v) is 16.2. The van der Waals surface area contributed by atoms with Gasteiger partial charge >= 0.3 is 0 Å². The number of benzene rings is 5. The Morgan fingerprint density at radius 3 is 1.11 bits per heavy atom. The van der Waals surface area contributed by atoms with E-state index in [-0.39, 0.29) is 10.8 Å². The van der Waals surface area contributed by atoms with Crippen LogP contribution in [0.5, 0.6) is 0 Å². The number of hydrogen-bond donors (Lipinski definition) is 0. The summed E-state index contributed by atoms with van der Waals surface area (Å²) in [6.45, 7) is 13.5. The first-order valence-electron chi connectivity index (χ1n) is 25.8. The second-order valence-corrected chi connectivity index (χ2v) is 20.4. The molecule has 65 heavy (non-hydrogen) atoms. The van der Waals surface area contributed by atoms with Gasteiger partial charge in [0.25, 0.3) is 0 Å². The van der Waals surface area contributed by atoms with Crippen LogP contribution in [0.1, 0.15) is 190 Å². The van der Waals surface area contributed by atoms with E-state index in [1.807, 2.05) is 0 Å². The van der Waals surface area contributed by atoms with E-state index in [0.29, 0.717) is 0 Å². The van der Waals surface area contributed by atoms with Gasteiger partial charge in [-0.15, -0.1) is 0 Å². The number of fused-ring (bicyclic) bond motifs is 8. The zero-order valence-electron chi connectivity index (χ0n) is 40.4. The van der Waals surface area contributed by atoms with E-state index in [9.17, 15) is 0 Å². The van der Waals surface area contributed by atoms with Crippen molar-refractivity contribution in [3.05, 3.63) is 119 Å². The van der Waals surface area contributed by atoms with Crippen molar-refractivity contribution in [3.8, 4) is 44.5 Å². The molecule has 338 valence electrons. The summed E-state index contributed by atoms with van der Waals surface area (Å²) in [6.07, 6.45) is 25.0. The van der Waals surface area contributed by atoms with Crippen molar-refractivity contribution in [2.75, 3.05) is 0 Å². The lowest BCUT2D eigenvalue weighted by molar-refractivity contribution is 0.401. The molecule has 0 unspecified atom stereocenters. The highest BCUT2D eigenvalue weighted by Crippen LogP contribution is 2.57. The Balaban J connectivity index is 1.23. The highest BCUT2D eigenvalue weighted by Gasteiger charge is 2.44. The Labute approximate surface area is 394 Å². The van der Waals surface area contributed by atoms with Gasteiger partial charge < -0.3 is 0 Å². The molecule has 0 fully saturated rings. The molecule has 2 aromatic heterocycles. The monoisotopic (exact) mass is 881 g/mol. The molecule has 9 rings (SSSR count). The van der Waals surface area contributed by atoms with Crippen molar-refractivity contribution >= 4 is 33.8 Å². The summed E-state index contributed by atoms with van der Waals surface area (Å²) in [6, 6.07) is 33.3. The lowest BCUT2D eigenvalue weighted by atomic mass is 9.70. The molecule has 5 heteroatoms. The molecule has 0 N–H and O–H groups in total. The predicted octanol–water partition coefficient (Wildman–Crippen LogP) is 18.0. The molecule has 2 aliphatic carbocycles. The van der Waals surface area contributed by atoms with Gasteiger partial charge in [-0.2, -0.15) is 8.75 Å². The van der Waals surface area contributed by atoms with Crippen LogP contribution >= 0.6 is 11.7 Å². The average Bonchev–Trinajstić information content (AvgIpc) is 4.00. The summed E-state index contributed by atoms with van der Waals surface area (Å²) >= 11 is 1.33. The van der Waals surface area contributed by atoms with E-state index < -0.39 is 0 Å². The van der Waals surface area contributed by atoms with Crippen LogP contribution in [-0.4, -0.2) is 18.7 Å². The van der Waals surface area contributed by atoms with E-state index in [1.165, 1.54) is 196 Å². The first kappa shape index (κ1) is 45.4. The third kappa shape index (κ3) is 8.27. The van der Waals surface area contributed by atoms with Gasteiger partial charge in [-0.1, -0.05) is 203 Å². The van der Waals surface area contributed by atoms with E-state index in [4.69, 9.17) is 18.7 Å². The molecule has 2 heterocycles. The van der Waals surface area contributed by atoms with Crippen molar-refractivity contribution < 1.29 is 0 Å². The maximum Gasteiger partial charge on any atom is 0.115 e. The topological polar surface area (TPSA) is 51.6 Å². The van der Waals surface area contributed by atoms with Crippen LogP contribution in [0, 0.1) is 13.8 Å².